The van der Waals surface area contributed by atoms with E-state index in [1.54, 1.807) is 6.92 Å². The number of hydrogen-bond donors (Lipinski definition) is 1. The average molecular weight is 200 g/mol. The Hall–Kier alpha value is -0.570. The highest BCUT2D eigenvalue weighted by atomic mass is 16.1. The highest BCUT2D eigenvalue weighted by Crippen LogP contribution is 2.08. The van der Waals surface area contributed by atoms with E-state index in [4.69, 9.17) is 0 Å². The number of carbonyl (C=O) groups excluding carboxylic acids is 1. The zero-order valence-electron chi connectivity index (χ0n) is 9.97. The van der Waals surface area contributed by atoms with E-state index in [1.807, 2.05) is 13.8 Å². The van der Waals surface area contributed by atoms with E-state index < -0.39 is 0 Å². The fraction of sp³-hybridized carbons (Fsp3) is 0.909. The smallest absolute Gasteiger partial charge is 0.217 e. The molecular weight excluding hydrogens is 176 g/mol. The molecule has 0 aromatic rings. The van der Waals surface area contributed by atoms with E-state index in [-0.39, 0.29) is 5.91 Å². The van der Waals surface area contributed by atoms with Crippen molar-refractivity contribution in [2.24, 2.45) is 0 Å². The first kappa shape index (κ1) is 13.4. The van der Waals surface area contributed by atoms with E-state index >= 15 is 0 Å². The molecule has 3 heteroatoms. The first-order valence-electron chi connectivity index (χ1n) is 5.72. The maximum Gasteiger partial charge on any atom is 0.217 e. The highest BCUT2D eigenvalue weighted by Gasteiger charge is 2.21. The molecule has 1 aliphatic heterocycles. The molecule has 0 aromatic carbocycles. The van der Waals surface area contributed by atoms with Crippen LogP contribution in [0.3, 0.4) is 0 Å². The molecule has 0 aliphatic carbocycles. The number of rotatable bonds is 3. The summed E-state index contributed by atoms with van der Waals surface area (Å²) in [6.45, 7) is 11.1. The maximum absolute atomic E-state index is 10.7. The van der Waals surface area contributed by atoms with Crippen LogP contribution in [0.5, 0.6) is 0 Å². The fourth-order valence-corrected chi connectivity index (χ4v) is 1.76. The van der Waals surface area contributed by atoms with Crippen LogP contribution in [0, 0.1) is 0 Å². The van der Waals surface area contributed by atoms with E-state index in [9.17, 15) is 4.79 Å². The molecule has 1 N–H and O–H groups in total. The molecule has 1 rings (SSSR count). The largest absolute Gasteiger partial charge is 0.352 e. The molecule has 0 radical (unpaired) electrons. The minimum Gasteiger partial charge on any atom is -0.352 e. The number of hydrogen-bond acceptors (Lipinski definition) is 2. The molecule has 1 saturated heterocycles. The van der Waals surface area contributed by atoms with Crippen molar-refractivity contribution in [3.05, 3.63) is 0 Å². The second-order valence-corrected chi connectivity index (χ2v) is 3.49. The summed E-state index contributed by atoms with van der Waals surface area (Å²) in [7, 11) is 0. The summed E-state index contributed by atoms with van der Waals surface area (Å²) >= 11 is 0. The molecule has 0 bridgehead atoms. The Morgan fingerprint density at radius 1 is 1.50 bits per heavy atom. The predicted octanol–water partition coefficient (Wildman–Crippen LogP) is 1.63. The molecule has 1 amide bonds. The summed E-state index contributed by atoms with van der Waals surface area (Å²) in [5.41, 5.74) is 0. The standard InChI is InChI=1S/C9H18N2O.C2H6/c1-3-5-11-6-4-9(7-11)10-8(2)12;1-2/h9H,3-7H2,1-2H3,(H,10,12);1-2H3. The summed E-state index contributed by atoms with van der Waals surface area (Å²) in [6, 6.07) is 0.397. The minimum atomic E-state index is 0.0957. The summed E-state index contributed by atoms with van der Waals surface area (Å²) in [5, 5.41) is 2.95. The number of nitrogens with zero attached hydrogens (tertiary/aromatic N) is 1. The van der Waals surface area contributed by atoms with Crippen LogP contribution in [0.4, 0.5) is 0 Å². The predicted molar refractivity (Wildman–Crippen MR) is 60.3 cm³/mol. The lowest BCUT2D eigenvalue weighted by Crippen LogP contribution is -2.35. The van der Waals surface area contributed by atoms with Gasteiger partial charge < -0.3 is 10.2 Å². The molecule has 0 spiro atoms. The summed E-state index contributed by atoms with van der Waals surface area (Å²) in [4.78, 5) is 13.1. The molecule has 0 saturated carbocycles. The topological polar surface area (TPSA) is 32.3 Å². The van der Waals surface area contributed by atoms with Crippen molar-refractivity contribution in [3.8, 4) is 0 Å². The molecule has 1 fully saturated rings. The number of nitrogens with one attached hydrogen (secondary N) is 1. The Labute approximate surface area is 87.9 Å². The van der Waals surface area contributed by atoms with Gasteiger partial charge in [0.15, 0.2) is 0 Å². The van der Waals surface area contributed by atoms with Gasteiger partial charge in [0.1, 0.15) is 0 Å². The van der Waals surface area contributed by atoms with Gasteiger partial charge in [-0.15, -0.1) is 0 Å². The average Bonchev–Trinajstić information content (AvgIpc) is 2.56. The van der Waals surface area contributed by atoms with Crippen LogP contribution in [0.25, 0.3) is 0 Å². The third-order valence-corrected chi connectivity index (χ3v) is 2.22. The van der Waals surface area contributed by atoms with Gasteiger partial charge in [-0.2, -0.15) is 0 Å². The molecule has 1 unspecified atom stereocenters. The zero-order valence-corrected chi connectivity index (χ0v) is 9.97. The van der Waals surface area contributed by atoms with Crippen molar-refractivity contribution in [1.29, 1.82) is 0 Å². The molecule has 0 aromatic heterocycles. The first-order chi connectivity index (χ1) is 6.72. The van der Waals surface area contributed by atoms with Crippen molar-refractivity contribution in [2.45, 2.75) is 46.6 Å². The Bertz CT molecular complexity index is 159. The van der Waals surface area contributed by atoms with Gasteiger partial charge in [-0.1, -0.05) is 20.8 Å². The van der Waals surface area contributed by atoms with Crippen LogP contribution in [0.1, 0.15) is 40.5 Å². The van der Waals surface area contributed by atoms with Gasteiger partial charge in [-0.3, -0.25) is 4.79 Å². The van der Waals surface area contributed by atoms with Crippen LogP contribution in [0.15, 0.2) is 0 Å². The lowest BCUT2D eigenvalue weighted by molar-refractivity contribution is -0.119. The summed E-state index contributed by atoms with van der Waals surface area (Å²) in [5.74, 6) is 0.0957. The Kier molecular flexibility index (Phi) is 7.48. The zero-order chi connectivity index (χ0) is 11.0. The van der Waals surface area contributed by atoms with Crippen molar-refractivity contribution < 1.29 is 4.79 Å². The van der Waals surface area contributed by atoms with Crippen molar-refractivity contribution in [3.63, 3.8) is 0 Å². The Morgan fingerprint density at radius 2 is 2.14 bits per heavy atom. The number of amides is 1. The molecule has 3 nitrogen and oxygen atoms in total. The normalized spacial score (nSPS) is 21.3. The van der Waals surface area contributed by atoms with Gasteiger partial charge >= 0.3 is 0 Å². The van der Waals surface area contributed by atoms with E-state index in [0.29, 0.717) is 6.04 Å². The molecular formula is C11H24N2O. The van der Waals surface area contributed by atoms with Crippen LogP contribution in [-0.4, -0.2) is 36.5 Å². The SMILES string of the molecule is CC.CCCN1CCC(NC(C)=O)C1. The quantitative estimate of drug-likeness (QED) is 0.751. The third kappa shape index (κ3) is 5.22. The van der Waals surface area contributed by atoms with E-state index in [1.165, 1.54) is 6.42 Å². The Morgan fingerprint density at radius 3 is 2.64 bits per heavy atom. The van der Waals surface area contributed by atoms with Crippen LogP contribution < -0.4 is 5.32 Å². The van der Waals surface area contributed by atoms with E-state index in [2.05, 4.69) is 17.1 Å². The lowest BCUT2D eigenvalue weighted by atomic mass is 10.3. The van der Waals surface area contributed by atoms with Crippen molar-refractivity contribution >= 4 is 5.91 Å². The number of carbonyl (C=O) groups is 1. The number of likely N-dealkylation sites (tertiary alicyclic amines) is 1. The van der Waals surface area contributed by atoms with Crippen molar-refractivity contribution in [2.75, 3.05) is 19.6 Å². The molecule has 84 valence electrons. The maximum atomic E-state index is 10.7. The van der Waals surface area contributed by atoms with Gasteiger partial charge in [0.2, 0.25) is 5.91 Å². The molecule has 1 heterocycles. The molecule has 14 heavy (non-hydrogen) atoms. The fourth-order valence-electron chi connectivity index (χ4n) is 1.76. The summed E-state index contributed by atoms with van der Waals surface area (Å²) in [6.07, 6.45) is 2.31. The van der Waals surface area contributed by atoms with E-state index in [0.717, 1.165) is 26.1 Å². The van der Waals surface area contributed by atoms with Crippen LogP contribution >= 0.6 is 0 Å². The van der Waals surface area contributed by atoms with Crippen LogP contribution in [0.2, 0.25) is 0 Å². The van der Waals surface area contributed by atoms with Gasteiger partial charge in [0.25, 0.3) is 0 Å². The summed E-state index contributed by atoms with van der Waals surface area (Å²) < 4.78 is 0. The van der Waals surface area contributed by atoms with Gasteiger partial charge in [0, 0.05) is 26.1 Å². The highest BCUT2D eigenvalue weighted by molar-refractivity contribution is 5.73. The second-order valence-electron chi connectivity index (χ2n) is 3.49. The first-order valence-corrected chi connectivity index (χ1v) is 5.72. The van der Waals surface area contributed by atoms with Crippen LogP contribution in [-0.2, 0) is 4.79 Å². The van der Waals surface area contributed by atoms with Gasteiger partial charge in [-0.05, 0) is 19.4 Å². The van der Waals surface area contributed by atoms with Gasteiger partial charge in [0.05, 0.1) is 0 Å². The van der Waals surface area contributed by atoms with Crippen molar-refractivity contribution in [1.82, 2.24) is 10.2 Å². The molecule has 1 aliphatic rings. The Balaban J connectivity index is 0.000000791. The van der Waals surface area contributed by atoms with Gasteiger partial charge in [-0.25, -0.2) is 0 Å². The monoisotopic (exact) mass is 200 g/mol. The second kappa shape index (κ2) is 7.80. The molecule has 1 atom stereocenters. The lowest BCUT2D eigenvalue weighted by Gasteiger charge is -2.14. The third-order valence-electron chi connectivity index (χ3n) is 2.22. The minimum absolute atomic E-state index is 0.0957.